The summed E-state index contributed by atoms with van der Waals surface area (Å²) in [7, 11) is 1.52. The Morgan fingerprint density at radius 2 is 1.81 bits per heavy atom. The van der Waals surface area contributed by atoms with Crippen LogP contribution in [0.4, 0.5) is 5.69 Å². The van der Waals surface area contributed by atoms with Crippen molar-refractivity contribution in [3.05, 3.63) is 59.7 Å². The van der Waals surface area contributed by atoms with E-state index in [-0.39, 0.29) is 13.0 Å². The molecule has 4 atom stereocenters. The SMILES string of the molecule is COc1ccccc1CN1C(=O)C2C(CC(N)=O)NC3(C(=O)Nc4ccccc43)C2C1=O. The summed E-state index contributed by atoms with van der Waals surface area (Å²) in [5, 5.41) is 5.98. The van der Waals surface area contributed by atoms with Crippen LogP contribution in [0.15, 0.2) is 48.5 Å². The quantitative estimate of drug-likeness (QED) is 0.587. The Morgan fingerprint density at radius 1 is 1.09 bits per heavy atom. The number of methoxy groups -OCH3 is 1. The van der Waals surface area contributed by atoms with Crippen LogP contribution in [-0.4, -0.2) is 41.7 Å². The third-order valence-corrected chi connectivity index (χ3v) is 6.66. The summed E-state index contributed by atoms with van der Waals surface area (Å²) in [6, 6.07) is 13.4. The summed E-state index contributed by atoms with van der Waals surface area (Å²) in [6.07, 6.45) is -0.167. The summed E-state index contributed by atoms with van der Waals surface area (Å²) in [4.78, 5) is 53.4. The van der Waals surface area contributed by atoms with E-state index in [0.29, 0.717) is 22.6 Å². The van der Waals surface area contributed by atoms with E-state index in [0.717, 1.165) is 4.90 Å². The molecule has 3 aliphatic heterocycles. The van der Waals surface area contributed by atoms with Gasteiger partial charge in [-0.2, -0.15) is 0 Å². The van der Waals surface area contributed by atoms with E-state index in [2.05, 4.69) is 10.6 Å². The normalized spacial score (nSPS) is 28.1. The minimum absolute atomic E-state index is 0.0112. The number of hydrogen-bond acceptors (Lipinski definition) is 6. The minimum atomic E-state index is -1.44. The van der Waals surface area contributed by atoms with Gasteiger partial charge in [0, 0.05) is 29.3 Å². The summed E-state index contributed by atoms with van der Waals surface area (Å²) in [6.45, 7) is 0.0112. The number of likely N-dealkylation sites (tertiary alicyclic amines) is 1. The first-order valence-electron chi connectivity index (χ1n) is 10.3. The second-order valence-corrected chi connectivity index (χ2v) is 8.31. The van der Waals surface area contributed by atoms with Crippen LogP contribution >= 0.6 is 0 Å². The lowest BCUT2D eigenvalue weighted by atomic mass is 9.76. The van der Waals surface area contributed by atoms with Crippen molar-refractivity contribution in [3.63, 3.8) is 0 Å². The van der Waals surface area contributed by atoms with Gasteiger partial charge in [-0.15, -0.1) is 0 Å². The molecule has 0 saturated carbocycles. The monoisotopic (exact) mass is 434 g/mol. The number of fused-ring (bicyclic) bond motifs is 4. The molecule has 4 unspecified atom stereocenters. The zero-order valence-electron chi connectivity index (χ0n) is 17.3. The fourth-order valence-electron chi connectivity index (χ4n) is 5.37. The van der Waals surface area contributed by atoms with Gasteiger partial charge in [0.25, 0.3) is 0 Å². The number of primary amides is 1. The van der Waals surface area contributed by atoms with Crippen molar-refractivity contribution in [1.82, 2.24) is 10.2 Å². The highest BCUT2D eigenvalue weighted by atomic mass is 16.5. The molecule has 0 aromatic heterocycles. The molecule has 2 fully saturated rings. The molecule has 2 aromatic rings. The maximum absolute atomic E-state index is 13.7. The van der Waals surface area contributed by atoms with Gasteiger partial charge in [0.2, 0.25) is 23.6 Å². The van der Waals surface area contributed by atoms with Crippen LogP contribution in [0.1, 0.15) is 17.5 Å². The third-order valence-electron chi connectivity index (χ3n) is 6.66. The second-order valence-electron chi connectivity index (χ2n) is 8.31. The number of nitrogens with zero attached hydrogens (tertiary/aromatic N) is 1. The zero-order chi connectivity index (χ0) is 22.6. The van der Waals surface area contributed by atoms with Gasteiger partial charge in [0.05, 0.1) is 25.5 Å². The van der Waals surface area contributed by atoms with Crippen molar-refractivity contribution in [3.8, 4) is 5.75 Å². The highest BCUT2D eigenvalue weighted by Gasteiger charge is 2.70. The Labute approximate surface area is 183 Å². The van der Waals surface area contributed by atoms with Crippen molar-refractivity contribution in [1.29, 1.82) is 0 Å². The number of anilines is 1. The summed E-state index contributed by atoms with van der Waals surface area (Å²) in [5.74, 6) is -3.25. The lowest BCUT2D eigenvalue weighted by Gasteiger charge is -2.29. The molecule has 3 heterocycles. The van der Waals surface area contributed by atoms with Crippen LogP contribution in [0.2, 0.25) is 0 Å². The number of nitrogens with two attached hydrogens (primary N) is 1. The number of nitrogens with one attached hydrogen (secondary N) is 2. The van der Waals surface area contributed by atoms with Crippen molar-refractivity contribution in [2.24, 2.45) is 17.6 Å². The van der Waals surface area contributed by atoms with Gasteiger partial charge in [-0.3, -0.25) is 29.4 Å². The minimum Gasteiger partial charge on any atom is -0.496 e. The average molecular weight is 434 g/mol. The smallest absolute Gasteiger partial charge is 0.250 e. The number of ether oxygens (including phenoxy) is 1. The Bertz CT molecular complexity index is 1160. The Hall–Kier alpha value is -3.72. The third kappa shape index (κ3) is 2.67. The molecule has 32 heavy (non-hydrogen) atoms. The van der Waals surface area contributed by atoms with Crippen LogP contribution in [0.25, 0.3) is 0 Å². The number of carbonyl (C=O) groups is 4. The molecule has 0 radical (unpaired) electrons. The molecular formula is C23H22N4O5. The molecule has 3 aliphatic rings. The Balaban J connectivity index is 1.60. The predicted molar refractivity (Wildman–Crippen MR) is 113 cm³/mol. The molecule has 9 nitrogen and oxygen atoms in total. The first kappa shape index (κ1) is 20.2. The average Bonchev–Trinajstić information content (AvgIpc) is 3.34. The van der Waals surface area contributed by atoms with Crippen molar-refractivity contribution < 1.29 is 23.9 Å². The van der Waals surface area contributed by atoms with Crippen molar-refractivity contribution in [2.75, 3.05) is 12.4 Å². The second kappa shape index (κ2) is 7.16. The molecule has 4 N–H and O–H groups in total. The first-order valence-corrected chi connectivity index (χ1v) is 10.3. The van der Waals surface area contributed by atoms with Crippen molar-refractivity contribution >= 4 is 29.3 Å². The Kier molecular flexibility index (Phi) is 4.52. The highest BCUT2D eigenvalue weighted by molar-refractivity contribution is 6.15. The van der Waals surface area contributed by atoms with E-state index in [9.17, 15) is 19.2 Å². The lowest BCUT2D eigenvalue weighted by molar-refractivity contribution is -0.143. The van der Waals surface area contributed by atoms with Gasteiger partial charge in [-0.1, -0.05) is 36.4 Å². The predicted octanol–water partition coefficient (Wildman–Crippen LogP) is 0.491. The highest BCUT2D eigenvalue weighted by Crippen LogP contribution is 2.53. The molecule has 0 aliphatic carbocycles. The number of imide groups is 1. The lowest BCUT2D eigenvalue weighted by Crippen LogP contribution is -2.53. The first-order chi connectivity index (χ1) is 15.4. The van der Waals surface area contributed by atoms with Crippen LogP contribution < -0.4 is 21.1 Å². The number of amides is 4. The summed E-state index contributed by atoms with van der Waals surface area (Å²) in [5.41, 5.74) is 5.83. The largest absolute Gasteiger partial charge is 0.496 e. The fraction of sp³-hybridized carbons (Fsp3) is 0.304. The standard InChI is InChI=1S/C23H22N4O5/c1-32-16-9-5-2-6-12(16)11-27-20(29)18-15(10-17(24)28)26-23(19(18)21(27)30)13-7-3-4-8-14(13)25-22(23)31/h2-9,15,18-19,26H,10-11H2,1H3,(H2,24,28)(H,25,31). The van der Waals surface area contributed by atoms with Crippen molar-refractivity contribution in [2.45, 2.75) is 24.5 Å². The molecule has 2 saturated heterocycles. The number of benzene rings is 2. The van der Waals surface area contributed by atoms with Crippen LogP contribution in [-0.2, 0) is 31.3 Å². The molecule has 1 spiro atoms. The van der Waals surface area contributed by atoms with Gasteiger partial charge in [-0.25, -0.2) is 0 Å². The number of para-hydroxylation sites is 2. The molecule has 2 aromatic carbocycles. The van der Waals surface area contributed by atoms with Crippen LogP contribution in [0, 0.1) is 11.8 Å². The summed E-state index contributed by atoms with van der Waals surface area (Å²) >= 11 is 0. The van der Waals surface area contributed by atoms with E-state index in [4.69, 9.17) is 10.5 Å². The van der Waals surface area contributed by atoms with Gasteiger partial charge >= 0.3 is 0 Å². The zero-order valence-corrected chi connectivity index (χ0v) is 17.3. The van der Waals surface area contributed by atoms with Crippen LogP contribution in [0.3, 0.4) is 0 Å². The summed E-state index contributed by atoms with van der Waals surface area (Å²) < 4.78 is 5.36. The van der Waals surface area contributed by atoms with Gasteiger partial charge in [0.15, 0.2) is 0 Å². The van der Waals surface area contributed by atoms with E-state index in [1.807, 2.05) is 0 Å². The van der Waals surface area contributed by atoms with Crippen LogP contribution in [0.5, 0.6) is 5.75 Å². The molecular weight excluding hydrogens is 412 g/mol. The molecule has 4 amide bonds. The molecule has 5 rings (SSSR count). The number of hydrogen-bond donors (Lipinski definition) is 3. The number of rotatable bonds is 5. The van der Waals surface area contributed by atoms with E-state index in [1.54, 1.807) is 48.5 Å². The Morgan fingerprint density at radius 3 is 2.56 bits per heavy atom. The molecule has 164 valence electrons. The van der Waals surface area contributed by atoms with Gasteiger partial charge in [-0.05, 0) is 12.1 Å². The van der Waals surface area contributed by atoms with E-state index in [1.165, 1.54) is 7.11 Å². The van der Waals surface area contributed by atoms with E-state index < -0.39 is 47.0 Å². The maximum atomic E-state index is 13.7. The topological polar surface area (TPSA) is 131 Å². The maximum Gasteiger partial charge on any atom is 0.250 e. The van der Waals surface area contributed by atoms with Gasteiger partial charge < -0.3 is 15.8 Å². The van der Waals surface area contributed by atoms with E-state index >= 15 is 0 Å². The number of carbonyl (C=O) groups excluding carboxylic acids is 4. The fourth-order valence-corrected chi connectivity index (χ4v) is 5.37. The van der Waals surface area contributed by atoms with Gasteiger partial charge in [0.1, 0.15) is 11.3 Å². The molecule has 0 bridgehead atoms. The molecule has 9 heteroatoms.